The fraction of sp³-hybridized carbons (Fsp3) is 0.650. The van der Waals surface area contributed by atoms with Gasteiger partial charge in [0, 0.05) is 18.5 Å². The van der Waals surface area contributed by atoms with E-state index in [9.17, 15) is 9.90 Å². The van der Waals surface area contributed by atoms with Crippen LogP contribution in [0.4, 0.5) is 0 Å². The van der Waals surface area contributed by atoms with Gasteiger partial charge in [0.2, 0.25) is 0 Å². The van der Waals surface area contributed by atoms with Crippen molar-refractivity contribution in [3.8, 4) is 5.75 Å². The standard InChI is InChI=1S/C20H33NO3.ClH/c1-4-7-13-21(14-8-5-2)15-18(22)16-24-19-11-9-17(10-12-19)20(23)6-3;/h9-12,18,22H,4-8,13-16H2,1-3H3;1H. The quantitative estimate of drug-likeness (QED) is 0.524. The molecule has 1 rings (SSSR count). The van der Waals surface area contributed by atoms with Gasteiger partial charge in [-0.15, -0.1) is 12.4 Å². The number of unbranched alkanes of at least 4 members (excludes halogenated alkanes) is 2. The molecule has 4 nitrogen and oxygen atoms in total. The molecule has 0 saturated heterocycles. The predicted molar refractivity (Wildman–Crippen MR) is 106 cm³/mol. The van der Waals surface area contributed by atoms with E-state index in [2.05, 4.69) is 18.7 Å². The smallest absolute Gasteiger partial charge is 0.162 e. The normalized spacial score (nSPS) is 11.9. The van der Waals surface area contributed by atoms with Crippen molar-refractivity contribution < 1.29 is 14.6 Å². The van der Waals surface area contributed by atoms with Crippen molar-refractivity contribution in [2.75, 3.05) is 26.2 Å². The van der Waals surface area contributed by atoms with Crippen molar-refractivity contribution in [3.05, 3.63) is 29.8 Å². The maximum atomic E-state index is 11.6. The molecule has 0 bridgehead atoms. The summed E-state index contributed by atoms with van der Waals surface area (Å²) < 4.78 is 5.66. The van der Waals surface area contributed by atoms with E-state index in [0.717, 1.165) is 38.8 Å². The first-order valence-corrected chi connectivity index (χ1v) is 9.27. The minimum absolute atomic E-state index is 0. The van der Waals surface area contributed by atoms with E-state index in [4.69, 9.17) is 4.74 Å². The van der Waals surface area contributed by atoms with Crippen LogP contribution in [0.3, 0.4) is 0 Å². The maximum absolute atomic E-state index is 11.6. The average molecular weight is 372 g/mol. The molecule has 1 N–H and O–H groups in total. The minimum Gasteiger partial charge on any atom is -0.491 e. The molecular weight excluding hydrogens is 338 g/mol. The summed E-state index contributed by atoms with van der Waals surface area (Å²) in [5, 5.41) is 10.2. The van der Waals surface area contributed by atoms with Crippen LogP contribution >= 0.6 is 12.4 Å². The van der Waals surface area contributed by atoms with Gasteiger partial charge in [0.15, 0.2) is 5.78 Å². The van der Waals surface area contributed by atoms with E-state index in [1.807, 2.05) is 6.92 Å². The van der Waals surface area contributed by atoms with Crippen LogP contribution in [-0.4, -0.2) is 48.1 Å². The molecule has 1 aromatic carbocycles. The van der Waals surface area contributed by atoms with Crippen LogP contribution in [0, 0.1) is 0 Å². The van der Waals surface area contributed by atoms with Crippen molar-refractivity contribution >= 4 is 18.2 Å². The van der Waals surface area contributed by atoms with Crippen LogP contribution in [0.5, 0.6) is 5.75 Å². The lowest BCUT2D eigenvalue weighted by atomic mass is 10.1. The van der Waals surface area contributed by atoms with Crippen LogP contribution in [0.2, 0.25) is 0 Å². The zero-order valence-corrected chi connectivity index (χ0v) is 16.7. The number of benzene rings is 1. The molecule has 0 aliphatic carbocycles. The summed E-state index contributed by atoms with van der Waals surface area (Å²) in [6, 6.07) is 7.15. The summed E-state index contributed by atoms with van der Waals surface area (Å²) in [6.07, 6.45) is 4.64. The second kappa shape index (κ2) is 14.1. The lowest BCUT2D eigenvalue weighted by molar-refractivity contribution is 0.0671. The highest BCUT2D eigenvalue weighted by molar-refractivity contribution is 5.95. The average Bonchev–Trinajstić information content (AvgIpc) is 2.61. The monoisotopic (exact) mass is 371 g/mol. The first-order valence-electron chi connectivity index (χ1n) is 9.27. The van der Waals surface area contributed by atoms with Crippen LogP contribution < -0.4 is 4.74 Å². The molecule has 5 heteroatoms. The Morgan fingerprint density at radius 3 is 2.12 bits per heavy atom. The Balaban J connectivity index is 0.00000576. The Labute approximate surface area is 159 Å². The number of aliphatic hydroxyl groups excluding tert-OH is 1. The van der Waals surface area contributed by atoms with Crippen LogP contribution in [-0.2, 0) is 0 Å². The van der Waals surface area contributed by atoms with Crippen LogP contribution in [0.15, 0.2) is 24.3 Å². The maximum Gasteiger partial charge on any atom is 0.162 e. The van der Waals surface area contributed by atoms with E-state index in [-0.39, 0.29) is 24.8 Å². The summed E-state index contributed by atoms with van der Waals surface area (Å²) in [6.45, 7) is 9.20. The predicted octanol–water partition coefficient (Wildman–Crippen LogP) is 4.34. The largest absolute Gasteiger partial charge is 0.491 e. The van der Waals surface area contributed by atoms with Gasteiger partial charge in [-0.2, -0.15) is 0 Å². The Hall–Kier alpha value is -1.10. The number of hydrogen-bond acceptors (Lipinski definition) is 4. The lowest BCUT2D eigenvalue weighted by Gasteiger charge is -2.25. The fourth-order valence-corrected chi connectivity index (χ4v) is 2.54. The Bertz CT molecular complexity index is 457. The van der Waals surface area contributed by atoms with Crippen molar-refractivity contribution in [1.82, 2.24) is 4.90 Å². The molecule has 0 spiro atoms. The van der Waals surface area contributed by atoms with Gasteiger partial charge in [0.1, 0.15) is 18.5 Å². The Morgan fingerprint density at radius 2 is 1.64 bits per heavy atom. The molecule has 1 unspecified atom stereocenters. The molecule has 0 aliphatic rings. The third kappa shape index (κ3) is 9.83. The van der Waals surface area contributed by atoms with Gasteiger partial charge in [-0.05, 0) is 50.2 Å². The first-order chi connectivity index (χ1) is 11.6. The molecule has 0 aromatic heterocycles. The topological polar surface area (TPSA) is 49.8 Å². The number of carbonyl (C=O) groups excluding carboxylic acids is 1. The van der Waals surface area contributed by atoms with Gasteiger partial charge in [-0.3, -0.25) is 4.79 Å². The molecule has 1 atom stereocenters. The summed E-state index contributed by atoms with van der Waals surface area (Å²) in [5.41, 5.74) is 0.704. The van der Waals surface area contributed by atoms with Gasteiger partial charge >= 0.3 is 0 Å². The number of carbonyl (C=O) groups is 1. The number of halogens is 1. The number of hydrogen-bond donors (Lipinski definition) is 1. The summed E-state index contributed by atoms with van der Waals surface area (Å²) in [7, 11) is 0. The van der Waals surface area contributed by atoms with E-state index in [0.29, 0.717) is 24.3 Å². The van der Waals surface area contributed by atoms with E-state index < -0.39 is 6.10 Å². The third-order valence-electron chi connectivity index (χ3n) is 4.06. The van der Waals surface area contributed by atoms with Crippen molar-refractivity contribution in [3.63, 3.8) is 0 Å². The number of Topliss-reactive ketones (excluding diaryl/α,β-unsaturated/α-hetero) is 1. The molecule has 0 fully saturated rings. The SMILES string of the molecule is CCCCN(CCCC)CC(O)COc1ccc(C(=O)CC)cc1.Cl. The van der Waals surface area contributed by atoms with E-state index >= 15 is 0 Å². The van der Waals surface area contributed by atoms with Crippen LogP contribution in [0.25, 0.3) is 0 Å². The number of aliphatic hydroxyl groups is 1. The second-order valence-corrected chi connectivity index (χ2v) is 6.27. The number of nitrogens with zero attached hydrogens (tertiary/aromatic N) is 1. The van der Waals surface area contributed by atoms with Crippen molar-refractivity contribution in [2.24, 2.45) is 0 Å². The highest BCUT2D eigenvalue weighted by atomic mass is 35.5. The molecule has 0 saturated carbocycles. The fourth-order valence-electron chi connectivity index (χ4n) is 2.54. The molecule has 0 amide bonds. The van der Waals surface area contributed by atoms with Gasteiger partial charge < -0.3 is 14.7 Å². The molecule has 1 aromatic rings. The molecule has 25 heavy (non-hydrogen) atoms. The van der Waals surface area contributed by atoms with Crippen LogP contribution in [0.1, 0.15) is 63.2 Å². The highest BCUT2D eigenvalue weighted by Gasteiger charge is 2.12. The van der Waals surface area contributed by atoms with E-state index in [1.54, 1.807) is 24.3 Å². The van der Waals surface area contributed by atoms with Gasteiger partial charge in [-0.25, -0.2) is 0 Å². The number of ketones is 1. The summed E-state index contributed by atoms with van der Waals surface area (Å²) in [5.74, 6) is 0.819. The number of ether oxygens (including phenoxy) is 1. The first kappa shape index (κ1) is 23.9. The molecular formula is C20H34ClNO3. The Kier molecular flexibility index (Phi) is 13.5. The zero-order valence-electron chi connectivity index (χ0n) is 15.9. The Morgan fingerprint density at radius 1 is 1.08 bits per heavy atom. The highest BCUT2D eigenvalue weighted by Crippen LogP contribution is 2.14. The lowest BCUT2D eigenvalue weighted by Crippen LogP contribution is -2.36. The van der Waals surface area contributed by atoms with Gasteiger partial charge in [0.25, 0.3) is 0 Å². The van der Waals surface area contributed by atoms with E-state index in [1.165, 1.54) is 0 Å². The van der Waals surface area contributed by atoms with Gasteiger partial charge in [0.05, 0.1) is 0 Å². The van der Waals surface area contributed by atoms with Gasteiger partial charge in [-0.1, -0.05) is 33.6 Å². The molecule has 144 valence electrons. The number of rotatable bonds is 13. The third-order valence-corrected chi connectivity index (χ3v) is 4.06. The molecule has 0 radical (unpaired) electrons. The summed E-state index contributed by atoms with van der Waals surface area (Å²) >= 11 is 0. The summed E-state index contributed by atoms with van der Waals surface area (Å²) in [4.78, 5) is 13.9. The molecule has 0 heterocycles. The second-order valence-electron chi connectivity index (χ2n) is 6.27. The molecule has 0 aliphatic heterocycles. The minimum atomic E-state index is -0.504. The van der Waals surface area contributed by atoms with Crippen molar-refractivity contribution in [1.29, 1.82) is 0 Å². The zero-order chi connectivity index (χ0) is 17.8. The van der Waals surface area contributed by atoms with Crippen molar-refractivity contribution in [2.45, 2.75) is 59.0 Å².